The third kappa shape index (κ3) is 6.17. The van der Waals surface area contributed by atoms with Gasteiger partial charge in [0, 0.05) is 12.6 Å². The predicted octanol–water partition coefficient (Wildman–Crippen LogP) is 4.93. The molecule has 0 radical (unpaired) electrons. The van der Waals surface area contributed by atoms with Crippen molar-refractivity contribution in [3.05, 3.63) is 77.7 Å². The van der Waals surface area contributed by atoms with E-state index in [0.717, 1.165) is 11.1 Å². The van der Waals surface area contributed by atoms with Gasteiger partial charge in [0.05, 0.1) is 24.2 Å². The Labute approximate surface area is 218 Å². The first-order chi connectivity index (χ1) is 17.4. The lowest BCUT2D eigenvalue weighted by molar-refractivity contribution is -0.133. The van der Waals surface area contributed by atoms with Gasteiger partial charge in [-0.05, 0) is 66.8 Å². The summed E-state index contributed by atoms with van der Waals surface area (Å²) in [6, 6.07) is 15.5. The van der Waals surface area contributed by atoms with Crippen LogP contribution in [0.1, 0.15) is 51.5 Å². The molecule has 0 unspecified atom stereocenters. The first-order valence-corrected chi connectivity index (χ1v) is 13.7. The number of furan rings is 1. The first-order valence-electron chi connectivity index (χ1n) is 12.3. The van der Waals surface area contributed by atoms with E-state index in [4.69, 9.17) is 13.9 Å². The molecule has 8 nitrogen and oxygen atoms in total. The zero-order chi connectivity index (χ0) is 26.8. The molecular weight excluding hydrogens is 492 g/mol. The van der Waals surface area contributed by atoms with Gasteiger partial charge in [0.25, 0.3) is 0 Å². The van der Waals surface area contributed by atoms with E-state index in [-0.39, 0.29) is 42.6 Å². The zero-order valence-electron chi connectivity index (χ0n) is 21.9. The maximum Gasteiger partial charge on any atom is 0.243 e. The normalized spacial score (nSPS) is 13.4. The van der Waals surface area contributed by atoms with E-state index in [2.05, 4.69) is 20.8 Å². The summed E-state index contributed by atoms with van der Waals surface area (Å²) in [5.41, 5.74) is 1.77. The fourth-order valence-corrected chi connectivity index (χ4v) is 5.71. The summed E-state index contributed by atoms with van der Waals surface area (Å²) in [7, 11) is -3.91. The fraction of sp³-hybridized carbons (Fsp3) is 0.393. The summed E-state index contributed by atoms with van der Waals surface area (Å²) in [4.78, 5) is 15.4. The lowest BCUT2D eigenvalue weighted by atomic mass is 9.87. The number of benzene rings is 2. The topological polar surface area (TPSA) is 89.3 Å². The molecule has 1 aliphatic heterocycles. The number of carbonyl (C=O) groups is 1. The Hall–Kier alpha value is -3.30. The van der Waals surface area contributed by atoms with Crippen LogP contribution in [0.3, 0.4) is 0 Å². The van der Waals surface area contributed by atoms with E-state index in [0.29, 0.717) is 17.3 Å². The van der Waals surface area contributed by atoms with Crippen LogP contribution >= 0.6 is 0 Å². The number of hydrogen-bond acceptors (Lipinski definition) is 6. The van der Waals surface area contributed by atoms with E-state index < -0.39 is 16.1 Å². The molecule has 1 amide bonds. The molecule has 4 rings (SSSR count). The summed E-state index contributed by atoms with van der Waals surface area (Å²) in [5.74, 6) is 1.54. The van der Waals surface area contributed by atoms with Crippen LogP contribution in [0.4, 0.5) is 0 Å². The van der Waals surface area contributed by atoms with E-state index in [1.807, 2.05) is 24.3 Å². The Morgan fingerprint density at radius 3 is 2.30 bits per heavy atom. The minimum atomic E-state index is -3.91. The molecule has 0 fully saturated rings. The van der Waals surface area contributed by atoms with Crippen LogP contribution in [0, 0.1) is 0 Å². The average molecular weight is 527 g/mol. The van der Waals surface area contributed by atoms with Crippen LogP contribution in [0.2, 0.25) is 0 Å². The molecule has 3 aromatic rings. The van der Waals surface area contributed by atoms with Gasteiger partial charge in [-0.3, -0.25) is 4.79 Å². The van der Waals surface area contributed by atoms with E-state index in [9.17, 15) is 13.2 Å². The standard InChI is InChI=1S/C28H34N2O6S/c1-20(2)30(37(32,33)24-11-9-22(10-12-24)28(3,4)5)18-27(31)29(17-23-7-6-14-34-23)16-21-8-13-25-26(15-21)36-19-35-25/h6-15,20H,16-19H2,1-5H3. The Kier molecular flexibility index (Phi) is 7.66. The quantitative estimate of drug-likeness (QED) is 0.393. The van der Waals surface area contributed by atoms with E-state index in [1.54, 1.807) is 55.3 Å². The lowest BCUT2D eigenvalue weighted by Crippen LogP contribution is -2.45. The van der Waals surface area contributed by atoms with Gasteiger partial charge in [0.15, 0.2) is 11.5 Å². The molecule has 198 valence electrons. The second kappa shape index (κ2) is 10.6. The summed E-state index contributed by atoms with van der Waals surface area (Å²) in [5, 5.41) is 0. The van der Waals surface area contributed by atoms with Crippen LogP contribution in [0.25, 0.3) is 0 Å². The van der Waals surface area contributed by atoms with Crippen molar-refractivity contribution in [3.8, 4) is 11.5 Å². The monoisotopic (exact) mass is 526 g/mol. The highest BCUT2D eigenvalue weighted by Crippen LogP contribution is 2.33. The van der Waals surface area contributed by atoms with Crippen LogP contribution in [0.15, 0.2) is 70.2 Å². The molecule has 1 aromatic heterocycles. The molecule has 1 aliphatic rings. The largest absolute Gasteiger partial charge is 0.467 e. The predicted molar refractivity (Wildman–Crippen MR) is 140 cm³/mol. The number of fused-ring (bicyclic) bond motifs is 1. The van der Waals surface area contributed by atoms with Gasteiger partial charge in [-0.25, -0.2) is 8.42 Å². The molecule has 9 heteroatoms. The number of sulfonamides is 1. The van der Waals surface area contributed by atoms with Gasteiger partial charge in [0.2, 0.25) is 22.7 Å². The average Bonchev–Trinajstić information content (AvgIpc) is 3.53. The molecule has 0 bridgehead atoms. The zero-order valence-corrected chi connectivity index (χ0v) is 22.7. The highest BCUT2D eigenvalue weighted by molar-refractivity contribution is 7.89. The minimum Gasteiger partial charge on any atom is -0.467 e. The van der Waals surface area contributed by atoms with Crippen LogP contribution in [-0.4, -0.2) is 42.9 Å². The summed E-state index contributed by atoms with van der Waals surface area (Å²) in [6.45, 7) is 10.1. The molecule has 2 heterocycles. The Bertz CT molecular complexity index is 1330. The highest BCUT2D eigenvalue weighted by atomic mass is 32.2. The van der Waals surface area contributed by atoms with Crippen molar-refractivity contribution in [1.82, 2.24) is 9.21 Å². The second-order valence-electron chi connectivity index (χ2n) is 10.4. The van der Waals surface area contributed by atoms with E-state index in [1.165, 1.54) is 4.31 Å². The maximum atomic E-state index is 13.6. The van der Waals surface area contributed by atoms with Crippen molar-refractivity contribution in [2.24, 2.45) is 0 Å². The molecule has 0 aliphatic carbocycles. The second-order valence-corrected chi connectivity index (χ2v) is 12.3. The van der Waals surface area contributed by atoms with Crippen LogP contribution in [0.5, 0.6) is 11.5 Å². The Morgan fingerprint density at radius 1 is 0.973 bits per heavy atom. The smallest absolute Gasteiger partial charge is 0.243 e. The molecule has 0 saturated heterocycles. The Morgan fingerprint density at radius 2 is 1.68 bits per heavy atom. The number of nitrogens with zero attached hydrogens (tertiary/aromatic N) is 2. The molecule has 2 aromatic carbocycles. The maximum absolute atomic E-state index is 13.6. The van der Waals surface area contributed by atoms with Gasteiger partial charge in [-0.15, -0.1) is 0 Å². The first kappa shape index (κ1) is 26.8. The van der Waals surface area contributed by atoms with Crippen molar-refractivity contribution < 1.29 is 27.1 Å². The van der Waals surface area contributed by atoms with Crippen molar-refractivity contribution in [2.45, 2.75) is 64.1 Å². The SMILES string of the molecule is CC(C)N(CC(=O)N(Cc1ccc2c(c1)OCO2)Cc1ccco1)S(=O)(=O)c1ccc(C(C)(C)C)cc1. The summed E-state index contributed by atoms with van der Waals surface area (Å²) < 4.78 is 44.8. The van der Waals surface area contributed by atoms with Crippen molar-refractivity contribution in [1.29, 1.82) is 0 Å². The number of rotatable bonds is 9. The number of hydrogen-bond donors (Lipinski definition) is 0. The number of amides is 1. The number of ether oxygens (including phenoxy) is 2. The van der Waals surface area contributed by atoms with Crippen LogP contribution < -0.4 is 9.47 Å². The minimum absolute atomic E-state index is 0.100. The van der Waals surface area contributed by atoms with Crippen molar-refractivity contribution >= 4 is 15.9 Å². The van der Waals surface area contributed by atoms with Gasteiger partial charge in [-0.1, -0.05) is 39.0 Å². The Balaban J connectivity index is 1.58. The molecule has 0 atom stereocenters. The molecule has 0 N–H and O–H groups in total. The highest BCUT2D eigenvalue weighted by Gasteiger charge is 2.31. The van der Waals surface area contributed by atoms with Crippen molar-refractivity contribution in [3.63, 3.8) is 0 Å². The number of carbonyl (C=O) groups excluding carboxylic acids is 1. The summed E-state index contributed by atoms with van der Waals surface area (Å²) >= 11 is 0. The lowest BCUT2D eigenvalue weighted by Gasteiger charge is -2.29. The molecule has 0 spiro atoms. The molecule has 37 heavy (non-hydrogen) atoms. The van der Waals surface area contributed by atoms with Gasteiger partial charge in [0.1, 0.15) is 5.76 Å². The fourth-order valence-electron chi connectivity index (χ4n) is 4.12. The van der Waals surface area contributed by atoms with Crippen molar-refractivity contribution in [2.75, 3.05) is 13.3 Å². The van der Waals surface area contributed by atoms with Crippen LogP contribution in [-0.2, 0) is 33.3 Å². The van der Waals surface area contributed by atoms with Gasteiger partial charge in [-0.2, -0.15) is 4.31 Å². The molecule has 0 saturated carbocycles. The third-order valence-electron chi connectivity index (χ3n) is 6.28. The van der Waals surface area contributed by atoms with Gasteiger partial charge >= 0.3 is 0 Å². The van der Waals surface area contributed by atoms with Gasteiger partial charge < -0.3 is 18.8 Å². The third-order valence-corrected chi connectivity index (χ3v) is 8.32. The van der Waals surface area contributed by atoms with E-state index >= 15 is 0 Å². The summed E-state index contributed by atoms with van der Waals surface area (Å²) in [6.07, 6.45) is 1.55. The molecular formula is C28H34N2O6S.